The summed E-state index contributed by atoms with van der Waals surface area (Å²) in [5.41, 5.74) is 0. The molecule has 0 saturated carbocycles. The molecule has 0 saturated heterocycles. The Morgan fingerprint density at radius 2 is 1.04 bits per heavy atom. The number of hydrogen-bond acceptors (Lipinski definition) is 4. The third kappa shape index (κ3) is 8.63. The Balaban J connectivity index is 1.94. The molecule has 0 atom stereocenters. The molecule has 4 nitrogen and oxygen atoms in total. The molecule has 0 aliphatic rings. The Morgan fingerprint density at radius 3 is 1.48 bits per heavy atom. The van der Waals surface area contributed by atoms with Gasteiger partial charge in [0.05, 0.1) is 0 Å². The molecule has 0 aliphatic carbocycles. The molecule has 5 heteroatoms. The van der Waals surface area contributed by atoms with Crippen molar-refractivity contribution in [1.82, 2.24) is 0 Å². The summed E-state index contributed by atoms with van der Waals surface area (Å²) in [6.07, 6.45) is 5.62. The summed E-state index contributed by atoms with van der Waals surface area (Å²) in [6.45, 7) is 1.91. The molecule has 2 N–H and O–H groups in total. The third-order valence-electron chi connectivity index (χ3n) is 4.45. The maximum atomic E-state index is 8.87. The third-order valence-corrected chi connectivity index (χ3v) is 11.9. The number of aliphatic hydroxyl groups excluding tert-OH is 2. The molecule has 0 amide bonds. The zero-order chi connectivity index (χ0) is 19.2. The number of aliphatic hydroxyl groups is 2. The van der Waals surface area contributed by atoms with E-state index in [9.17, 15) is 0 Å². The predicted octanol–water partition coefficient (Wildman–Crippen LogP) is 2.80. The first kappa shape index (κ1) is 22.2. The Morgan fingerprint density at radius 1 is 0.593 bits per heavy atom. The monoisotopic (exact) mass is 560 g/mol. The molecule has 0 heterocycles. The SMILES string of the molecule is OCCCCCOc1cccc[c]1[Hg][c]1ccccc1OCCCCCO. The van der Waals surface area contributed by atoms with E-state index in [1.165, 1.54) is 6.14 Å². The summed E-state index contributed by atoms with van der Waals surface area (Å²) < 4.78 is 14.8. The molecule has 0 aromatic heterocycles. The van der Waals surface area contributed by atoms with Crippen LogP contribution in [0.5, 0.6) is 11.5 Å². The fraction of sp³-hybridized carbons (Fsp3) is 0.455. The van der Waals surface area contributed by atoms with E-state index in [0.29, 0.717) is 13.2 Å². The van der Waals surface area contributed by atoms with E-state index >= 15 is 0 Å². The molecule has 0 aliphatic heterocycles. The first-order valence-electron chi connectivity index (χ1n) is 9.98. The molecular formula is C22H30HgO4. The van der Waals surface area contributed by atoms with Gasteiger partial charge in [0.1, 0.15) is 0 Å². The van der Waals surface area contributed by atoms with Crippen molar-refractivity contribution in [3.05, 3.63) is 48.5 Å². The van der Waals surface area contributed by atoms with Crippen LogP contribution < -0.4 is 15.6 Å². The van der Waals surface area contributed by atoms with Crippen molar-refractivity contribution in [3.8, 4) is 11.5 Å². The first-order valence-corrected chi connectivity index (χ1v) is 15.5. The zero-order valence-corrected chi connectivity index (χ0v) is 21.6. The van der Waals surface area contributed by atoms with E-state index in [1.54, 1.807) is 0 Å². The van der Waals surface area contributed by atoms with Crippen LogP contribution in [-0.4, -0.2) is 36.6 Å². The van der Waals surface area contributed by atoms with E-state index in [-0.39, 0.29) is 13.2 Å². The fourth-order valence-electron chi connectivity index (χ4n) is 2.93. The van der Waals surface area contributed by atoms with Crippen molar-refractivity contribution in [2.75, 3.05) is 26.4 Å². The van der Waals surface area contributed by atoms with Crippen LogP contribution in [0.3, 0.4) is 0 Å². The average Bonchev–Trinajstić information content (AvgIpc) is 2.70. The van der Waals surface area contributed by atoms with Gasteiger partial charge in [-0.25, -0.2) is 0 Å². The summed E-state index contributed by atoms with van der Waals surface area (Å²) in [5, 5.41) is 17.7. The molecule has 144 valence electrons. The molecule has 2 aromatic carbocycles. The van der Waals surface area contributed by atoms with Crippen LogP contribution in [0, 0.1) is 0 Å². The van der Waals surface area contributed by atoms with Gasteiger partial charge in [-0.05, 0) is 0 Å². The van der Waals surface area contributed by atoms with E-state index in [2.05, 4.69) is 36.4 Å². The molecule has 0 bridgehead atoms. The van der Waals surface area contributed by atoms with Gasteiger partial charge >= 0.3 is 175 Å². The molecule has 0 fully saturated rings. The van der Waals surface area contributed by atoms with Crippen molar-refractivity contribution < 1.29 is 44.3 Å². The summed E-state index contributed by atoms with van der Waals surface area (Å²) in [6, 6.07) is 16.8. The van der Waals surface area contributed by atoms with Crippen molar-refractivity contribution in [2.45, 2.75) is 38.5 Å². The second-order valence-corrected chi connectivity index (χ2v) is 14.0. The van der Waals surface area contributed by atoms with E-state index < -0.39 is 24.6 Å². The van der Waals surface area contributed by atoms with Gasteiger partial charge in [0.15, 0.2) is 0 Å². The average molecular weight is 559 g/mol. The van der Waals surface area contributed by atoms with Gasteiger partial charge in [-0.3, -0.25) is 0 Å². The van der Waals surface area contributed by atoms with E-state index in [0.717, 1.165) is 50.0 Å². The molecule has 2 aromatic rings. The van der Waals surface area contributed by atoms with Gasteiger partial charge in [0.2, 0.25) is 0 Å². The number of hydrogen-bond donors (Lipinski definition) is 2. The number of para-hydroxylation sites is 2. The Hall–Kier alpha value is -1.10. The van der Waals surface area contributed by atoms with Crippen LogP contribution in [0.25, 0.3) is 0 Å². The molecule has 27 heavy (non-hydrogen) atoms. The molecule has 0 spiro atoms. The van der Waals surface area contributed by atoms with Crippen molar-refractivity contribution in [2.24, 2.45) is 0 Å². The van der Waals surface area contributed by atoms with Crippen molar-refractivity contribution in [1.29, 1.82) is 0 Å². The second kappa shape index (κ2) is 14.0. The minimum absolute atomic E-state index is 0.254. The van der Waals surface area contributed by atoms with E-state index in [4.69, 9.17) is 19.7 Å². The van der Waals surface area contributed by atoms with Gasteiger partial charge in [-0.2, -0.15) is 0 Å². The molecular weight excluding hydrogens is 529 g/mol. The predicted molar refractivity (Wildman–Crippen MR) is 105 cm³/mol. The summed E-state index contributed by atoms with van der Waals surface area (Å²) >= 11 is -1.59. The zero-order valence-electron chi connectivity index (χ0n) is 16.1. The van der Waals surface area contributed by atoms with Gasteiger partial charge in [0.25, 0.3) is 0 Å². The summed E-state index contributed by atoms with van der Waals surface area (Å²) in [4.78, 5) is 0. The van der Waals surface area contributed by atoms with Gasteiger partial charge in [-0.15, -0.1) is 0 Å². The second-order valence-electron chi connectivity index (χ2n) is 6.66. The standard InChI is InChI=1S/2C11H15O2.Hg/c2*12-9-5-2-6-10-13-11-7-3-1-4-8-11;/h2*1,3-4,7,12H,2,5-6,9-10H2;. The van der Waals surface area contributed by atoms with Crippen LogP contribution in [0.1, 0.15) is 38.5 Å². The maximum absolute atomic E-state index is 8.87. The fourth-order valence-corrected chi connectivity index (χ4v) is 9.57. The van der Waals surface area contributed by atoms with Crippen molar-refractivity contribution in [3.63, 3.8) is 0 Å². The van der Waals surface area contributed by atoms with Crippen LogP contribution in [-0.2, 0) is 24.6 Å². The Kier molecular flexibility index (Phi) is 11.5. The Bertz CT molecular complexity index is 592. The van der Waals surface area contributed by atoms with Crippen LogP contribution in [0.4, 0.5) is 0 Å². The molecule has 2 rings (SSSR count). The van der Waals surface area contributed by atoms with E-state index in [1.807, 2.05) is 12.1 Å². The number of unbranched alkanes of at least 4 members (excludes halogenated alkanes) is 4. The topological polar surface area (TPSA) is 58.9 Å². The minimum atomic E-state index is -1.59. The number of rotatable bonds is 14. The quantitative estimate of drug-likeness (QED) is 0.277. The van der Waals surface area contributed by atoms with Gasteiger partial charge in [-0.1, -0.05) is 0 Å². The number of ether oxygens (including phenoxy) is 2. The van der Waals surface area contributed by atoms with Gasteiger partial charge in [0, 0.05) is 0 Å². The van der Waals surface area contributed by atoms with Crippen molar-refractivity contribution >= 4 is 6.14 Å². The molecule has 0 unspecified atom stereocenters. The Labute approximate surface area is 175 Å². The first-order chi connectivity index (χ1) is 13.3. The summed E-state index contributed by atoms with van der Waals surface area (Å²) in [7, 11) is 0. The normalized spacial score (nSPS) is 10.4. The van der Waals surface area contributed by atoms with Gasteiger partial charge < -0.3 is 0 Å². The van der Waals surface area contributed by atoms with Crippen LogP contribution in [0.2, 0.25) is 0 Å². The summed E-state index contributed by atoms with van der Waals surface area (Å²) in [5.74, 6) is 2.03. The number of benzene rings is 2. The van der Waals surface area contributed by atoms with Crippen LogP contribution in [0.15, 0.2) is 48.5 Å². The van der Waals surface area contributed by atoms with Crippen LogP contribution >= 0.6 is 0 Å². The molecule has 0 radical (unpaired) electrons.